The van der Waals surface area contributed by atoms with Gasteiger partial charge in [0.25, 0.3) is 11.5 Å². The van der Waals surface area contributed by atoms with Crippen LogP contribution in [0.1, 0.15) is 5.56 Å². The van der Waals surface area contributed by atoms with Gasteiger partial charge in [-0.05, 0) is 12.1 Å². The lowest BCUT2D eigenvalue weighted by molar-refractivity contribution is -0.255. The molecule has 0 aliphatic rings. The summed E-state index contributed by atoms with van der Waals surface area (Å²) in [6.45, 7) is 0. The highest BCUT2D eigenvalue weighted by Gasteiger charge is 2.59. The first kappa shape index (κ1) is 12.8. The number of nitrogens with two attached hydrogens (primary N) is 1. The summed E-state index contributed by atoms with van der Waals surface area (Å²) in [5.74, 6) is -1.89. The van der Waals surface area contributed by atoms with Crippen molar-refractivity contribution in [2.24, 2.45) is 5.73 Å². The van der Waals surface area contributed by atoms with Crippen LogP contribution in [-0.2, 0) is 10.4 Å². The molecule has 0 radical (unpaired) electrons. The molecule has 16 heavy (non-hydrogen) atoms. The normalized spacial score (nSPS) is 15.6. The first-order chi connectivity index (χ1) is 7.19. The predicted molar refractivity (Wildman–Crippen MR) is 50.6 cm³/mol. The zero-order chi connectivity index (χ0) is 12.6. The highest BCUT2D eigenvalue weighted by atomic mass is 35.5. The Labute approximate surface area is 93.6 Å². The van der Waals surface area contributed by atoms with Crippen molar-refractivity contribution in [2.75, 3.05) is 0 Å². The number of hydrogen-bond donors (Lipinski definition) is 2. The van der Waals surface area contributed by atoms with Gasteiger partial charge in [0.2, 0.25) is 0 Å². The van der Waals surface area contributed by atoms with E-state index in [1.165, 1.54) is 0 Å². The van der Waals surface area contributed by atoms with Crippen molar-refractivity contribution in [3.63, 3.8) is 0 Å². The Hall–Kier alpha value is -1.27. The highest BCUT2D eigenvalue weighted by molar-refractivity contribution is 6.30. The van der Waals surface area contributed by atoms with Crippen molar-refractivity contribution < 1.29 is 23.1 Å². The molecule has 0 aliphatic carbocycles. The van der Waals surface area contributed by atoms with E-state index in [-0.39, 0.29) is 5.02 Å². The molecule has 88 valence electrons. The number of aliphatic hydroxyl groups is 1. The summed E-state index contributed by atoms with van der Waals surface area (Å²) in [6, 6.07) is 4.02. The van der Waals surface area contributed by atoms with Crippen LogP contribution >= 0.6 is 11.6 Å². The Kier molecular flexibility index (Phi) is 3.16. The van der Waals surface area contributed by atoms with Crippen LogP contribution < -0.4 is 5.73 Å². The molecular formula is C9H7ClF3NO2. The van der Waals surface area contributed by atoms with Gasteiger partial charge in [-0.25, -0.2) is 0 Å². The van der Waals surface area contributed by atoms with Gasteiger partial charge in [0.15, 0.2) is 0 Å². The largest absolute Gasteiger partial charge is 0.430 e. The predicted octanol–water partition coefficient (Wildman–Crippen LogP) is 1.58. The molecule has 0 aromatic heterocycles. The summed E-state index contributed by atoms with van der Waals surface area (Å²) in [7, 11) is 0. The minimum absolute atomic E-state index is 0.178. The number of hydrogen-bond acceptors (Lipinski definition) is 2. The lowest BCUT2D eigenvalue weighted by atomic mass is 9.92. The van der Waals surface area contributed by atoms with E-state index in [1.54, 1.807) is 0 Å². The Morgan fingerprint density at radius 2 is 1.69 bits per heavy atom. The molecule has 1 unspecified atom stereocenters. The molecule has 0 heterocycles. The average molecular weight is 254 g/mol. The van der Waals surface area contributed by atoms with E-state index >= 15 is 0 Å². The number of carbonyl (C=O) groups is 1. The molecule has 1 aromatic carbocycles. The van der Waals surface area contributed by atoms with Gasteiger partial charge in [0, 0.05) is 10.6 Å². The van der Waals surface area contributed by atoms with Crippen LogP contribution in [0, 0.1) is 0 Å². The summed E-state index contributed by atoms with van der Waals surface area (Å²) in [5.41, 5.74) is 0.219. The van der Waals surface area contributed by atoms with Gasteiger partial charge in [-0.3, -0.25) is 4.79 Å². The highest BCUT2D eigenvalue weighted by Crippen LogP contribution is 2.38. The monoisotopic (exact) mass is 253 g/mol. The molecule has 0 fully saturated rings. The van der Waals surface area contributed by atoms with Crippen LogP contribution in [0.5, 0.6) is 0 Å². The Morgan fingerprint density at radius 1 is 1.25 bits per heavy atom. The van der Waals surface area contributed by atoms with E-state index in [0.29, 0.717) is 0 Å². The Morgan fingerprint density at radius 3 is 2.00 bits per heavy atom. The molecule has 3 N–H and O–H groups in total. The molecule has 1 atom stereocenters. The van der Waals surface area contributed by atoms with E-state index in [1.807, 2.05) is 0 Å². The first-order valence-corrected chi connectivity index (χ1v) is 4.42. The summed E-state index contributed by atoms with van der Waals surface area (Å²) in [6.07, 6.45) is -5.19. The fourth-order valence-electron chi connectivity index (χ4n) is 1.14. The van der Waals surface area contributed by atoms with Crippen molar-refractivity contribution in [1.82, 2.24) is 0 Å². The van der Waals surface area contributed by atoms with Gasteiger partial charge in [-0.15, -0.1) is 0 Å². The maximum atomic E-state index is 12.6. The molecule has 0 bridgehead atoms. The van der Waals surface area contributed by atoms with Gasteiger partial charge in [-0.1, -0.05) is 23.7 Å². The van der Waals surface area contributed by atoms with Crippen LogP contribution in [0.2, 0.25) is 5.02 Å². The number of carbonyl (C=O) groups excluding carboxylic acids is 1. The number of primary amides is 1. The van der Waals surface area contributed by atoms with E-state index in [9.17, 15) is 23.1 Å². The van der Waals surface area contributed by atoms with Gasteiger partial charge >= 0.3 is 6.18 Å². The van der Waals surface area contributed by atoms with E-state index in [2.05, 4.69) is 5.73 Å². The number of amides is 1. The van der Waals surface area contributed by atoms with Crippen molar-refractivity contribution in [2.45, 2.75) is 11.8 Å². The summed E-state index contributed by atoms with van der Waals surface area (Å²) >= 11 is 5.48. The van der Waals surface area contributed by atoms with Crippen LogP contribution in [0.3, 0.4) is 0 Å². The first-order valence-electron chi connectivity index (χ1n) is 4.04. The third-order valence-electron chi connectivity index (χ3n) is 2.03. The van der Waals surface area contributed by atoms with E-state index in [0.717, 1.165) is 24.3 Å². The number of alkyl halides is 3. The topological polar surface area (TPSA) is 63.3 Å². The van der Waals surface area contributed by atoms with Crippen molar-refractivity contribution in [3.8, 4) is 0 Å². The lowest BCUT2D eigenvalue weighted by Crippen LogP contribution is -2.52. The third-order valence-corrected chi connectivity index (χ3v) is 2.28. The SMILES string of the molecule is NC(=O)C(O)(c1ccc(Cl)cc1)C(F)(F)F. The maximum absolute atomic E-state index is 12.6. The minimum Gasteiger partial charge on any atom is -0.369 e. The van der Waals surface area contributed by atoms with Crippen LogP contribution in [-0.4, -0.2) is 17.2 Å². The summed E-state index contributed by atoms with van der Waals surface area (Å²) < 4.78 is 37.7. The number of benzene rings is 1. The number of rotatable bonds is 2. The smallest absolute Gasteiger partial charge is 0.369 e. The molecule has 1 rings (SSSR count). The van der Waals surface area contributed by atoms with Crippen LogP contribution in [0.4, 0.5) is 13.2 Å². The van der Waals surface area contributed by atoms with Gasteiger partial charge in [-0.2, -0.15) is 13.2 Å². The lowest BCUT2D eigenvalue weighted by Gasteiger charge is -2.27. The van der Waals surface area contributed by atoms with E-state index in [4.69, 9.17) is 11.6 Å². The number of halogens is 4. The molecule has 7 heteroatoms. The quantitative estimate of drug-likeness (QED) is 0.840. The zero-order valence-electron chi connectivity index (χ0n) is 7.75. The molecule has 1 aromatic rings. The van der Waals surface area contributed by atoms with Gasteiger partial charge in [0.05, 0.1) is 0 Å². The minimum atomic E-state index is -5.19. The second kappa shape index (κ2) is 3.95. The Balaban J connectivity index is 3.34. The van der Waals surface area contributed by atoms with E-state index < -0.39 is 23.2 Å². The van der Waals surface area contributed by atoms with Crippen molar-refractivity contribution >= 4 is 17.5 Å². The molecule has 0 saturated heterocycles. The molecule has 3 nitrogen and oxygen atoms in total. The molecule has 0 aliphatic heterocycles. The maximum Gasteiger partial charge on any atom is 0.430 e. The molecule has 1 amide bonds. The molecular weight excluding hydrogens is 247 g/mol. The Bertz CT molecular complexity index is 404. The zero-order valence-corrected chi connectivity index (χ0v) is 8.51. The van der Waals surface area contributed by atoms with Crippen LogP contribution in [0.15, 0.2) is 24.3 Å². The van der Waals surface area contributed by atoms with Gasteiger partial charge < -0.3 is 10.8 Å². The second-order valence-electron chi connectivity index (χ2n) is 3.08. The summed E-state index contributed by atoms with van der Waals surface area (Å²) in [5, 5.41) is 9.52. The average Bonchev–Trinajstić information content (AvgIpc) is 2.15. The van der Waals surface area contributed by atoms with Gasteiger partial charge in [0.1, 0.15) is 0 Å². The fourth-order valence-corrected chi connectivity index (χ4v) is 1.26. The fraction of sp³-hybridized carbons (Fsp3) is 0.222. The van der Waals surface area contributed by atoms with Crippen molar-refractivity contribution in [1.29, 1.82) is 0 Å². The molecule has 0 saturated carbocycles. The summed E-state index contributed by atoms with van der Waals surface area (Å²) in [4.78, 5) is 10.8. The van der Waals surface area contributed by atoms with Crippen molar-refractivity contribution in [3.05, 3.63) is 34.9 Å². The van der Waals surface area contributed by atoms with Crippen LogP contribution in [0.25, 0.3) is 0 Å². The third kappa shape index (κ3) is 1.98. The molecule has 0 spiro atoms. The second-order valence-corrected chi connectivity index (χ2v) is 3.52. The standard InChI is InChI=1S/C9H7ClF3NO2/c10-6-3-1-5(2-4-6)8(16,7(14)15)9(11,12)13/h1-4,16H,(H2,14,15).